The second-order valence-electron chi connectivity index (χ2n) is 5.89. The number of aliphatic hydroxyl groups is 1. The Hall–Kier alpha value is -0.930. The zero-order valence-electron chi connectivity index (χ0n) is 11.8. The molecule has 3 atom stereocenters. The number of rotatable bonds is 3. The lowest BCUT2D eigenvalue weighted by Crippen LogP contribution is -2.24. The van der Waals surface area contributed by atoms with Crippen molar-refractivity contribution in [3.63, 3.8) is 0 Å². The van der Waals surface area contributed by atoms with Crippen molar-refractivity contribution in [3.8, 4) is 0 Å². The molecule has 2 aromatic rings. The Morgan fingerprint density at radius 1 is 1.30 bits per heavy atom. The molecule has 0 aliphatic heterocycles. The van der Waals surface area contributed by atoms with E-state index >= 15 is 0 Å². The summed E-state index contributed by atoms with van der Waals surface area (Å²) in [7, 11) is 0. The Morgan fingerprint density at radius 3 is 2.90 bits per heavy atom. The van der Waals surface area contributed by atoms with Crippen LogP contribution in [0.25, 0.3) is 10.1 Å². The number of fused-ring (bicyclic) bond motifs is 1. The van der Waals surface area contributed by atoms with E-state index in [0.717, 1.165) is 27.8 Å². The molecule has 1 heterocycles. The van der Waals surface area contributed by atoms with Crippen LogP contribution in [0, 0.1) is 17.7 Å². The van der Waals surface area contributed by atoms with Gasteiger partial charge in [0.25, 0.3) is 0 Å². The molecule has 1 aromatic heterocycles. The van der Waals surface area contributed by atoms with Crippen molar-refractivity contribution in [3.05, 3.63) is 35.0 Å². The minimum atomic E-state index is -0.388. The predicted molar refractivity (Wildman–Crippen MR) is 82.5 cm³/mol. The van der Waals surface area contributed by atoms with Gasteiger partial charge in [0, 0.05) is 9.58 Å². The first-order chi connectivity index (χ1) is 9.69. The van der Waals surface area contributed by atoms with Crippen LogP contribution in [0.5, 0.6) is 0 Å². The van der Waals surface area contributed by atoms with Crippen LogP contribution in [0.15, 0.2) is 24.3 Å². The molecule has 3 unspecified atom stereocenters. The van der Waals surface area contributed by atoms with Gasteiger partial charge in [-0.15, -0.1) is 11.3 Å². The maximum Gasteiger partial charge on any atom is 0.123 e. The predicted octanol–water partition coefficient (Wildman–Crippen LogP) is 5.29. The molecule has 0 amide bonds. The van der Waals surface area contributed by atoms with Crippen molar-refractivity contribution < 1.29 is 9.50 Å². The molecule has 1 aliphatic rings. The third kappa shape index (κ3) is 2.61. The van der Waals surface area contributed by atoms with Crippen LogP contribution < -0.4 is 0 Å². The molecule has 1 saturated carbocycles. The maximum atomic E-state index is 13.3. The Morgan fingerprint density at radius 2 is 2.10 bits per heavy atom. The van der Waals surface area contributed by atoms with Crippen molar-refractivity contribution in [2.45, 2.75) is 45.1 Å². The van der Waals surface area contributed by atoms with Crippen LogP contribution in [-0.4, -0.2) is 5.11 Å². The van der Waals surface area contributed by atoms with Crippen LogP contribution in [-0.2, 0) is 0 Å². The summed E-state index contributed by atoms with van der Waals surface area (Å²) in [5, 5.41) is 11.6. The van der Waals surface area contributed by atoms with Gasteiger partial charge in [0.2, 0.25) is 0 Å². The average molecular weight is 292 g/mol. The van der Waals surface area contributed by atoms with E-state index in [1.165, 1.54) is 25.3 Å². The normalized spacial score (nSPS) is 24.9. The number of aliphatic hydroxyl groups excluding tert-OH is 1. The molecular weight excluding hydrogens is 271 g/mol. The fraction of sp³-hybridized carbons (Fsp3) is 0.529. The van der Waals surface area contributed by atoms with Crippen molar-refractivity contribution in [1.29, 1.82) is 0 Å². The number of hydrogen-bond acceptors (Lipinski definition) is 2. The van der Waals surface area contributed by atoms with Crippen molar-refractivity contribution >= 4 is 21.4 Å². The van der Waals surface area contributed by atoms with Crippen LogP contribution in [0.2, 0.25) is 0 Å². The van der Waals surface area contributed by atoms with Gasteiger partial charge in [-0.05, 0) is 47.9 Å². The van der Waals surface area contributed by atoms with Gasteiger partial charge < -0.3 is 5.11 Å². The molecule has 3 rings (SSSR count). The van der Waals surface area contributed by atoms with Gasteiger partial charge in [-0.3, -0.25) is 0 Å². The number of halogens is 1. The summed E-state index contributed by atoms with van der Waals surface area (Å²) in [6, 6.07) is 6.82. The fourth-order valence-electron chi connectivity index (χ4n) is 3.55. The third-order valence-electron chi connectivity index (χ3n) is 4.69. The minimum absolute atomic E-state index is 0.208. The Balaban J connectivity index is 1.89. The molecule has 0 saturated heterocycles. The van der Waals surface area contributed by atoms with E-state index in [2.05, 4.69) is 6.92 Å². The van der Waals surface area contributed by atoms with Gasteiger partial charge in [-0.2, -0.15) is 0 Å². The first kappa shape index (κ1) is 14.0. The molecule has 0 bridgehead atoms. The number of hydrogen-bond donors (Lipinski definition) is 1. The van der Waals surface area contributed by atoms with Crippen molar-refractivity contribution in [2.24, 2.45) is 11.8 Å². The first-order valence-corrected chi connectivity index (χ1v) is 8.37. The van der Waals surface area contributed by atoms with Gasteiger partial charge in [-0.25, -0.2) is 4.39 Å². The highest BCUT2D eigenvalue weighted by molar-refractivity contribution is 7.19. The van der Waals surface area contributed by atoms with E-state index < -0.39 is 0 Å². The Kier molecular flexibility index (Phi) is 4.08. The highest BCUT2D eigenvalue weighted by Crippen LogP contribution is 2.43. The molecule has 1 aliphatic carbocycles. The van der Waals surface area contributed by atoms with Gasteiger partial charge in [0.05, 0.1) is 6.10 Å². The molecule has 1 fully saturated rings. The van der Waals surface area contributed by atoms with E-state index in [4.69, 9.17) is 0 Å². The van der Waals surface area contributed by atoms with Crippen molar-refractivity contribution in [1.82, 2.24) is 0 Å². The van der Waals surface area contributed by atoms with E-state index in [1.54, 1.807) is 17.4 Å². The number of thiophene rings is 1. The monoisotopic (exact) mass is 292 g/mol. The van der Waals surface area contributed by atoms with E-state index in [9.17, 15) is 9.50 Å². The van der Waals surface area contributed by atoms with Gasteiger partial charge >= 0.3 is 0 Å². The van der Waals surface area contributed by atoms with Gasteiger partial charge in [0.15, 0.2) is 0 Å². The largest absolute Gasteiger partial charge is 0.387 e. The fourth-order valence-corrected chi connectivity index (χ4v) is 4.66. The molecule has 3 heteroatoms. The first-order valence-electron chi connectivity index (χ1n) is 7.56. The van der Waals surface area contributed by atoms with E-state index in [0.29, 0.717) is 11.8 Å². The summed E-state index contributed by atoms with van der Waals surface area (Å²) < 4.78 is 14.3. The smallest absolute Gasteiger partial charge is 0.123 e. The SMILES string of the molecule is CCC1CCCCC1C(O)c1cc2cc(F)ccc2s1. The summed E-state index contributed by atoms with van der Waals surface area (Å²) >= 11 is 1.60. The zero-order chi connectivity index (χ0) is 14.1. The molecule has 0 spiro atoms. The lowest BCUT2D eigenvalue weighted by atomic mass is 9.74. The highest BCUT2D eigenvalue weighted by Gasteiger charge is 2.31. The van der Waals surface area contributed by atoms with Gasteiger partial charge in [-0.1, -0.05) is 32.6 Å². The summed E-state index contributed by atoms with van der Waals surface area (Å²) in [6.45, 7) is 2.22. The van der Waals surface area contributed by atoms with E-state index in [1.807, 2.05) is 12.1 Å². The maximum absolute atomic E-state index is 13.3. The minimum Gasteiger partial charge on any atom is -0.387 e. The summed E-state index contributed by atoms with van der Waals surface area (Å²) in [4.78, 5) is 0.996. The van der Waals surface area contributed by atoms with Gasteiger partial charge in [0.1, 0.15) is 5.82 Å². The lowest BCUT2D eigenvalue weighted by Gasteiger charge is -2.33. The number of benzene rings is 1. The quantitative estimate of drug-likeness (QED) is 0.815. The lowest BCUT2D eigenvalue weighted by molar-refractivity contribution is 0.0478. The van der Waals surface area contributed by atoms with E-state index in [-0.39, 0.29) is 11.9 Å². The Bertz CT molecular complexity index is 592. The van der Waals surface area contributed by atoms with Crippen molar-refractivity contribution in [2.75, 3.05) is 0 Å². The highest BCUT2D eigenvalue weighted by atomic mass is 32.1. The second-order valence-corrected chi connectivity index (χ2v) is 7.01. The van der Waals surface area contributed by atoms with Crippen LogP contribution in [0.4, 0.5) is 4.39 Å². The molecule has 0 radical (unpaired) electrons. The topological polar surface area (TPSA) is 20.2 Å². The van der Waals surface area contributed by atoms with Crippen LogP contribution in [0.3, 0.4) is 0 Å². The summed E-state index contributed by atoms with van der Waals surface area (Å²) in [5.41, 5.74) is 0. The third-order valence-corrected chi connectivity index (χ3v) is 5.87. The molecule has 1 aromatic carbocycles. The second kappa shape index (κ2) is 5.82. The summed E-state index contributed by atoms with van der Waals surface area (Å²) in [6.07, 6.45) is 5.61. The molecule has 1 nitrogen and oxygen atoms in total. The average Bonchev–Trinajstić information content (AvgIpc) is 2.89. The summed E-state index contributed by atoms with van der Waals surface area (Å²) in [5.74, 6) is 0.785. The standard InChI is InChI=1S/C17H21FOS/c1-2-11-5-3-4-6-14(11)17(19)16-10-12-9-13(18)7-8-15(12)20-16/h7-11,14,17,19H,2-6H2,1H3. The Labute approximate surface area is 123 Å². The molecule has 108 valence electrons. The molecular formula is C17H21FOS. The van der Waals surface area contributed by atoms with Crippen LogP contribution in [0.1, 0.15) is 50.0 Å². The molecule has 1 N–H and O–H groups in total. The zero-order valence-corrected chi connectivity index (χ0v) is 12.6. The van der Waals surface area contributed by atoms with Crippen LogP contribution >= 0.6 is 11.3 Å². The molecule has 20 heavy (non-hydrogen) atoms.